The van der Waals surface area contributed by atoms with Crippen LogP contribution in [0.2, 0.25) is 0 Å². The number of rotatable bonds is 0. The van der Waals surface area contributed by atoms with Gasteiger partial charge in [-0.3, -0.25) is 0 Å². The first-order chi connectivity index (χ1) is 2.00. The Bertz CT molecular complexity index is 27.0. The van der Waals surface area contributed by atoms with E-state index in [9.17, 15) is 0 Å². The van der Waals surface area contributed by atoms with Crippen LogP contribution in [0.25, 0.3) is 0 Å². The third-order valence-electron chi connectivity index (χ3n) is 0. The van der Waals surface area contributed by atoms with Gasteiger partial charge in [-0.15, -0.1) is 0 Å². The summed E-state index contributed by atoms with van der Waals surface area (Å²) in [6.07, 6.45) is 0. The van der Waals surface area contributed by atoms with Gasteiger partial charge in [0, 0.05) is 22.4 Å². The van der Waals surface area contributed by atoms with E-state index >= 15 is 0 Å². The molecule has 0 aliphatic rings. The average molecular weight is 272 g/mol. The maximum Gasteiger partial charge on any atom is 1.00 e. The zero-order valence-corrected chi connectivity index (χ0v) is 7.36. The topological polar surface area (TPSA) is 47.6 Å². The van der Waals surface area contributed by atoms with Gasteiger partial charge in [0.1, 0.15) is 0 Å². The van der Waals surface area contributed by atoms with Crippen LogP contribution in [0.15, 0.2) is 0 Å². The maximum absolute atomic E-state index is 6.25. The molecule has 29 valence electrons. The Morgan fingerprint density at radius 3 is 0.833 bits per heavy atom. The normalized spacial score (nSPS) is 0.667. The number of hydrogen-bond donors (Lipinski definition) is 0. The Balaban J connectivity index is -0.00000000500. The summed E-state index contributed by atoms with van der Waals surface area (Å²) < 4.78 is 0. The first-order valence-electron chi connectivity index (χ1n) is 0.447. The molecule has 2 nitrogen and oxygen atoms in total. The summed E-state index contributed by atoms with van der Waals surface area (Å²) in [6, 6.07) is 0. The van der Waals surface area contributed by atoms with Crippen LogP contribution >= 0.6 is 0 Å². The second-order valence-electron chi connectivity index (χ2n) is 0. The summed E-state index contributed by atoms with van der Waals surface area (Å²) in [4.78, 5) is 0. The molecule has 0 spiro atoms. The summed E-state index contributed by atoms with van der Waals surface area (Å²) in [7, 11) is 0. The first-order valence-corrected chi connectivity index (χ1v) is 0.447. The fraction of sp³-hybridized carbons (Fsp3) is 0. The van der Waals surface area contributed by atoms with Crippen molar-refractivity contribution in [2.45, 2.75) is 0 Å². The van der Waals surface area contributed by atoms with E-state index in [1.54, 1.807) is 0 Å². The van der Waals surface area contributed by atoms with Crippen LogP contribution < -0.4 is 29.6 Å². The number of hydrogen-bond acceptors (Lipinski definition) is 2. The summed E-state index contributed by atoms with van der Waals surface area (Å²) in [6.45, 7) is 9.50. The van der Waals surface area contributed by atoms with E-state index < -0.39 is 0 Å². The van der Waals surface area contributed by atoms with Crippen molar-refractivity contribution >= 4 is 0 Å². The largest absolute Gasteiger partial charge is 1.00 e. The fourth-order valence-electron chi connectivity index (χ4n) is 0. The molecule has 0 saturated heterocycles. The predicted octanol–water partition coefficient (Wildman–Crippen LogP) is -2.81. The zero-order chi connectivity index (χ0) is 4.00. The Kier molecular flexibility index (Phi) is 1220. The second-order valence-corrected chi connectivity index (χ2v) is 0. The summed E-state index contributed by atoms with van der Waals surface area (Å²) in [5.41, 5.74) is 0. The monoisotopic (exact) mass is 272 g/mol. The summed E-state index contributed by atoms with van der Waals surface area (Å²) in [5, 5.41) is 12.5. The van der Waals surface area contributed by atoms with Crippen LogP contribution in [-0.4, -0.2) is 0 Å². The van der Waals surface area contributed by atoms with Crippen LogP contribution in [0.1, 0.15) is 0 Å². The van der Waals surface area contributed by atoms with Crippen molar-refractivity contribution in [3.05, 3.63) is 13.1 Å². The van der Waals surface area contributed by atoms with Crippen LogP contribution in [0, 0.1) is 23.7 Å². The number of nitrogens with zero attached hydrogens (tertiary/aromatic N) is 2. The Morgan fingerprint density at radius 2 is 0.833 bits per heavy atom. The zero-order valence-electron chi connectivity index (χ0n) is 3.20. The molecular weight excluding hydrogens is 272 g/mol. The van der Waals surface area contributed by atoms with Crippen molar-refractivity contribution in [1.82, 2.24) is 0 Å². The molecule has 3 radical (unpaired) electrons. The molecule has 0 unspecified atom stereocenters. The van der Waals surface area contributed by atoms with E-state index in [0.29, 0.717) is 0 Å². The van der Waals surface area contributed by atoms with E-state index in [2.05, 4.69) is 0 Å². The minimum Gasteiger partial charge on any atom is -0.181 e. The maximum atomic E-state index is 6.25. The van der Waals surface area contributed by atoms with Crippen molar-refractivity contribution in [1.29, 1.82) is 10.5 Å². The van der Waals surface area contributed by atoms with Gasteiger partial charge in [0.05, 0.1) is 0 Å². The second kappa shape index (κ2) is 246. The minimum absolute atomic E-state index is 0. The Morgan fingerprint density at radius 1 is 0.833 bits per heavy atom. The molecule has 0 N–H and O–H groups in total. The molecule has 4 heteroatoms. The van der Waals surface area contributed by atoms with Crippen molar-refractivity contribution in [3.63, 3.8) is 0 Å². The van der Waals surface area contributed by atoms with Crippen LogP contribution in [0.3, 0.4) is 0 Å². The van der Waals surface area contributed by atoms with Crippen LogP contribution in [0.4, 0.5) is 0 Å². The molecular formula is C2AuN2Na+. The van der Waals surface area contributed by atoms with Crippen molar-refractivity contribution in [3.8, 4) is 0 Å². The first kappa shape index (κ1) is 29.7. The van der Waals surface area contributed by atoms with Crippen LogP contribution in [-0.2, 0) is 22.4 Å². The quantitative estimate of drug-likeness (QED) is 0.447. The van der Waals surface area contributed by atoms with E-state index in [4.69, 9.17) is 23.7 Å². The molecule has 0 aliphatic carbocycles. The van der Waals surface area contributed by atoms with Gasteiger partial charge in [0.15, 0.2) is 13.1 Å². The van der Waals surface area contributed by atoms with Crippen molar-refractivity contribution < 1.29 is 51.9 Å². The standard InChI is InChI=1S/2CN.Au.Na/c2*1-2;;/q;;;+1. The SMILES string of the molecule is [Au].[C]#N.[C]#N.[Na+]. The van der Waals surface area contributed by atoms with Gasteiger partial charge in [-0.1, -0.05) is 0 Å². The van der Waals surface area contributed by atoms with Gasteiger partial charge >= 0.3 is 29.6 Å². The summed E-state index contributed by atoms with van der Waals surface area (Å²) >= 11 is 0. The van der Waals surface area contributed by atoms with Crippen molar-refractivity contribution in [2.24, 2.45) is 0 Å². The predicted molar refractivity (Wildman–Crippen MR) is 9.94 cm³/mol. The summed E-state index contributed by atoms with van der Waals surface area (Å²) in [5.74, 6) is 0. The Labute approximate surface area is 74.9 Å². The van der Waals surface area contributed by atoms with Crippen LogP contribution in [0.5, 0.6) is 0 Å². The minimum atomic E-state index is 0. The third-order valence-corrected chi connectivity index (χ3v) is 0. The van der Waals surface area contributed by atoms with E-state index in [0.717, 1.165) is 0 Å². The molecule has 0 rings (SSSR count). The van der Waals surface area contributed by atoms with Crippen molar-refractivity contribution in [2.75, 3.05) is 0 Å². The molecule has 0 aliphatic heterocycles. The van der Waals surface area contributed by atoms with E-state index in [-0.39, 0.29) is 51.9 Å². The molecule has 0 aromatic heterocycles. The van der Waals surface area contributed by atoms with E-state index in [1.165, 1.54) is 0 Å². The smallest absolute Gasteiger partial charge is 0.181 e. The fourth-order valence-corrected chi connectivity index (χ4v) is 0. The molecule has 6 heavy (non-hydrogen) atoms. The molecule has 0 fully saturated rings. The average Bonchev–Trinajstić information content (AvgIpc) is 1.50. The third kappa shape index (κ3) is 126. The van der Waals surface area contributed by atoms with E-state index in [1.807, 2.05) is 0 Å². The van der Waals surface area contributed by atoms with Gasteiger partial charge < -0.3 is 0 Å². The molecule has 0 heterocycles. The molecule has 0 atom stereocenters. The molecule has 0 amide bonds. The molecule has 0 bridgehead atoms. The van der Waals surface area contributed by atoms with Gasteiger partial charge in [0.2, 0.25) is 0 Å². The van der Waals surface area contributed by atoms with Gasteiger partial charge in [-0.2, -0.15) is 10.5 Å². The van der Waals surface area contributed by atoms with Gasteiger partial charge in [0.25, 0.3) is 0 Å². The van der Waals surface area contributed by atoms with Gasteiger partial charge in [-0.25, -0.2) is 0 Å². The molecule has 0 aromatic carbocycles. The Hall–Kier alpha value is 0.720. The van der Waals surface area contributed by atoms with Gasteiger partial charge in [-0.05, 0) is 0 Å². The molecule has 0 saturated carbocycles. The molecule has 0 aromatic rings.